The zero-order valence-corrected chi connectivity index (χ0v) is 14.2. The molecular weight excluding hydrogens is 296 g/mol. The van der Waals surface area contributed by atoms with Gasteiger partial charge in [-0.3, -0.25) is 0 Å². The zero-order chi connectivity index (χ0) is 16.1. The second-order valence-electron chi connectivity index (χ2n) is 5.74. The van der Waals surface area contributed by atoms with E-state index in [0.29, 0.717) is 0 Å². The van der Waals surface area contributed by atoms with Crippen molar-refractivity contribution in [1.29, 1.82) is 0 Å². The van der Waals surface area contributed by atoms with Crippen molar-refractivity contribution < 1.29 is 4.80 Å². The summed E-state index contributed by atoms with van der Waals surface area (Å²) in [6.45, 7) is 2.08. The van der Waals surface area contributed by atoms with Gasteiger partial charge in [0.2, 0.25) is 0 Å². The molecule has 0 aromatic heterocycles. The largest absolute Gasteiger partial charge is 0.421 e. The molecule has 0 spiro atoms. The molecule has 3 rings (SSSR count). The summed E-state index contributed by atoms with van der Waals surface area (Å²) < 4.78 is 0. The molecule has 0 saturated carbocycles. The highest BCUT2D eigenvalue weighted by Crippen LogP contribution is 2.10. The molecule has 0 radical (unpaired) electrons. The quantitative estimate of drug-likeness (QED) is 0.732. The molecule has 0 atom stereocenters. The van der Waals surface area contributed by atoms with Crippen molar-refractivity contribution in [3.8, 4) is 0 Å². The van der Waals surface area contributed by atoms with Gasteiger partial charge >= 0.3 is 0 Å². The predicted molar refractivity (Wildman–Crippen MR) is 100 cm³/mol. The van der Waals surface area contributed by atoms with Crippen molar-refractivity contribution in [3.05, 3.63) is 102 Å². The molecule has 23 heavy (non-hydrogen) atoms. The summed E-state index contributed by atoms with van der Waals surface area (Å²) in [5.41, 5.74) is 4.34. The van der Waals surface area contributed by atoms with Crippen LogP contribution in [-0.2, 0) is 0 Å². The highest BCUT2D eigenvalue weighted by Gasteiger charge is 2.32. The second kappa shape index (κ2) is 6.78. The van der Waals surface area contributed by atoms with E-state index in [0.717, 1.165) is 15.9 Å². The van der Waals surface area contributed by atoms with Gasteiger partial charge in [0.15, 0.2) is 0 Å². The van der Waals surface area contributed by atoms with Crippen LogP contribution in [0.15, 0.2) is 90.6 Å². The highest BCUT2D eigenvalue weighted by molar-refractivity contribution is 7.00. The van der Waals surface area contributed by atoms with Crippen LogP contribution >= 0.6 is 0 Å². The third kappa shape index (κ3) is 3.50. The molecule has 0 bridgehead atoms. The van der Waals surface area contributed by atoms with Gasteiger partial charge in [-0.2, -0.15) is 0 Å². The van der Waals surface area contributed by atoms with Gasteiger partial charge in [-0.05, 0) is 22.9 Å². The Bertz CT molecular complexity index is 738. The summed E-state index contributed by atoms with van der Waals surface area (Å²) >= 11 is 0. The topological polar surface area (TPSA) is 20.2 Å². The van der Waals surface area contributed by atoms with E-state index < -0.39 is 8.32 Å². The lowest BCUT2D eigenvalue weighted by Gasteiger charge is -2.22. The Morgan fingerprint density at radius 3 is 1.65 bits per heavy atom. The molecule has 2 heteroatoms. The van der Waals surface area contributed by atoms with Crippen LogP contribution in [0.4, 0.5) is 0 Å². The minimum absolute atomic E-state index is 0.995. The van der Waals surface area contributed by atoms with Crippen molar-refractivity contribution in [2.24, 2.45) is 0 Å². The van der Waals surface area contributed by atoms with Crippen LogP contribution in [0, 0.1) is 6.92 Å². The second-order valence-corrected chi connectivity index (χ2v) is 8.76. The highest BCUT2D eigenvalue weighted by atomic mass is 28.4. The number of rotatable bonds is 4. The maximum atomic E-state index is 11.5. The van der Waals surface area contributed by atoms with Crippen LogP contribution in [0.3, 0.4) is 0 Å². The lowest BCUT2D eigenvalue weighted by Crippen LogP contribution is -2.57. The van der Waals surface area contributed by atoms with Crippen LogP contribution in [0.25, 0.3) is 6.08 Å². The predicted octanol–water partition coefficient (Wildman–Crippen LogP) is 3.30. The fourth-order valence-electron chi connectivity index (χ4n) is 2.64. The minimum atomic E-state index is -2.88. The number of aryl methyl sites for hydroxylation is 1. The molecule has 0 aliphatic rings. The average molecular weight is 316 g/mol. The molecule has 0 aliphatic heterocycles. The Balaban J connectivity index is 2.04. The molecule has 0 saturated heterocycles. The third-order valence-corrected chi connectivity index (χ3v) is 7.10. The molecule has 0 amide bonds. The summed E-state index contributed by atoms with van der Waals surface area (Å²) in [6, 6.07) is 28.3. The molecule has 114 valence electrons. The molecule has 0 unspecified atom stereocenters. The van der Waals surface area contributed by atoms with Crippen molar-refractivity contribution >= 4 is 24.8 Å². The lowest BCUT2D eigenvalue weighted by molar-refractivity contribution is 0.582. The third-order valence-electron chi connectivity index (χ3n) is 4.02. The zero-order valence-electron chi connectivity index (χ0n) is 13.2. The fraction of sp³-hybridized carbons (Fsp3) is 0.0476. The van der Waals surface area contributed by atoms with Crippen molar-refractivity contribution in [1.82, 2.24) is 0 Å². The van der Waals surface area contributed by atoms with E-state index in [1.807, 2.05) is 72.4 Å². The Labute approximate surface area is 138 Å². The van der Waals surface area contributed by atoms with Crippen molar-refractivity contribution in [2.45, 2.75) is 6.92 Å². The Morgan fingerprint density at radius 1 is 0.696 bits per heavy atom. The average Bonchev–Trinajstić information content (AvgIpc) is 2.62. The Kier molecular flexibility index (Phi) is 4.56. The summed E-state index contributed by atoms with van der Waals surface area (Å²) in [4.78, 5) is 11.5. The lowest BCUT2D eigenvalue weighted by atomic mass is 10.2. The van der Waals surface area contributed by atoms with E-state index in [1.165, 1.54) is 5.56 Å². The first-order chi connectivity index (χ1) is 11.2. The normalized spacial score (nSPS) is 11.7. The summed E-state index contributed by atoms with van der Waals surface area (Å²) in [6.07, 6.45) is 2.03. The van der Waals surface area contributed by atoms with E-state index in [9.17, 15) is 4.80 Å². The molecule has 0 aliphatic carbocycles. The van der Waals surface area contributed by atoms with Gasteiger partial charge in [-0.15, -0.1) is 0 Å². The molecule has 3 aromatic carbocycles. The molecule has 0 heterocycles. The van der Waals surface area contributed by atoms with E-state index in [2.05, 4.69) is 31.2 Å². The fourth-order valence-corrected chi connectivity index (χ4v) is 5.19. The smallest absolute Gasteiger partial charge is 0.278 e. The summed E-state index contributed by atoms with van der Waals surface area (Å²) in [7, 11) is -2.88. The van der Waals surface area contributed by atoms with E-state index in [1.54, 1.807) is 0 Å². The van der Waals surface area contributed by atoms with Gasteiger partial charge in [0.1, 0.15) is 0 Å². The molecular formula is C21H20OSi. The molecule has 0 fully saturated rings. The monoisotopic (exact) mass is 316 g/mol. The van der Waals surface area contributed by atoms with Gasteiger partial charge in [0.25, 0.3) is 8.32 Å². The van der Waals surface area contributed by atoms with Crippen LogP contribution in [0.5, 0.6) is 0 Å². The van der Waals surface area contributed by atoms with Gasteiger partial charge in [-0.25, -0.2) is 0 Å². The first-order valence-electron chi connectivity index (χ1n) is 7.78. The van der Waals surface area contributed by atoms with Crippen LogP contribution in [0.2, 0.25) is 0 Å². The molecule has 3 aromatic rings. The Morgan fingerprint density at radius 2 is 1.17 bits per heavy atom. The standard InChI is InChI=1S/C21H20OSi/c1-18-12-14-19(15-13-18)16-17-23(22,20-8-4-2-5-9-20)21-10-6-3-7-11-21/h2-17,22H,1H3/b17-16+. The van der Waals surface area contributed by atoms with Gasteiger partial charge in [0.05, 0.1) is 0 Å². The van der Waals surface area contributed by atoms with Crippen LogP contribution < -0.4 is 10.4 Å². The van der Waals surface area contributed by atoms with Crippen molar-refractivity contribution in [2.75, 3.05) is 0 Å². The van der Waals surface area contributed by atoms with Crippen molar-refractivity contribution in [3.63, 3.8) is 0 Å². The minimum Gasteiger partial charge on any atom is -0.421 e. The van der Waals surface area contributed by atoms with Gasteiger partial charge < -0.3 is 4.80 Å². The first kappa shape index (κ1) is 15.5. The number of hydrogen-bond acceptors (Lipinski definition) is 1. The number of benzene rings is 3. The number of hydrogen-bond donors (Lipinski definition) is 1. The van der Waals surface area contributed by atoms with E-state index in [4.69, 9.17) is 0 Å². The Hall–Kier alpha value is -2.42. The van der Waals surface area contributed by atoms with E-state index in [-0.39, 0.29) is 0 Å². The first-order valence-corrected chi connectivity index (χ1v) is 9.80. The summed E-state index contributed by atoms with van der Waals surface area (Å²) in [5, 5.41) is 1.99. The molecule has 1 nitrogen and oxygen atoms in total. The van der Waals surface area contributed by atoms with Gasteiger partial charge in [0, 0.05) is 0 Å². The van der Waals surface area contributed by atoms with E-state index >= 15 is 0 Å². The maximum Gasteiger partial charge on any atom is 0.278 e. The summed E-state index contributed by atoms with van der Waals surface area (Å²) in [5.74, 6) is 0. The molecule has 1 N–H and O–H groups in total. The SMILES string of the molecule is Cc1ccc(/C=C/[Si](O)(c2ccccc2)c2ccccc2)cc1. The maximum absolute atomic E-state index is 11.5. The van der Waals surface area contributed by atoms with Crippen LogP contribution in [0.1, 0.15) is 11.1 Å². The van der Waals surface area contributed by atoms with Gasteiger partial charge in [-0.1, -0.05) is 102 Å². The van der Waals surface area contributed by atoms with Crippen LogP contribution in [-0.4, -0.2) is 13.1 Å².